The topological polar surface area (TPSA) is 68.9 Å². The van der Waals surface area contributed by atoms with E-state index in [4.69, 9.17) is 11.6 Å². The van der Waals surface area contributed by atoms with Crippen LogP contribution in [0, 0.1) is 10.1 Å². The van der Waals surface area contributed by atoms with E-state index in [-0.39, 0.29) is 10.8 Å². The van der Waals surface area contributed by atoms with Gasteiger partial charge >= 0.3 is 0 Å². The summed E-state index contributed by atoms with van der Waals surface area (Å²) in [5, 5.41) is 10.4. The normalized spacial score (nSPS) is 10.5. The Bertz CT molecular complexity index is 530. The number of nitro groups is 1. The van der Waals surface area contributed by atoms with E-state index in [1.165, 1.54) is 0 Å². The third kappa shape index (κ3) is 2.02. The molecule has 0 bridgehead atoms. The molecular weight excluding hydrogens is 218 g/mol. The molecule has 0 aliphatic heterocycles. The van der Waals surface area contributed by atoms with Crippen LogP contribution in [-0.2, 0) is 6.54 Å². The number of rotatable bonds is 2. The van der Waals surface area contributed by atoms with E-state index >= 15 is 0 Å². The lowest BCUT2D eigenvalue weighted by atomic mass is 10.3. The second kappa shape index (κ2) is 3.78. The van der Waals surface area contributed by atoms with E-state index in [1.54, 1.807) is 24.3 Å². The van der Waals surface area contributed by atoms with E-state index in [2.05, 4.69) is 9.97 Å². The number of hydrogen-bond acceptors (Lipinski definition) is 4. The van der Waals surface area contributed by atoms with Crippen LogP contribution < -0.4 is 0 Å². The van der Waals surface area contributed by atoms with Crippen molar-refractivity contribution in [3.8, 4) is 0 Å². The Labute approximate surface area is 89.9 Å². The van der Waals surface area contributed by atoms with Crippen LogP contribution in [0.3, 0.4) is 0 Å². The molecule has 15 heavy (non-hydrogen) atoms. The third-order valence-electron chi connectivity index (χ3n) is 1.87. The first-order valence-electron chi connectivity index (χ1n) is 4.20. The van der Waals surface area contributed by atoms with Gasteiger partial charge in [-0.1, -0.05) is 23.7 Å². The molecule has 0 aliphatic carbocycles. The lowest BCUT2D eigenvalue weighted by Crippen LogP contribution is -2.03. The smallest absolute Gasteiger partial charge is 0.248 e. The zero-order valence-electron chi connectivity index (χ0n) is 7.55. The van der Waals surface area contributed by atoms with Gasteiger partial charge in [-0.3, -0.25) is 10.1 Å². The SMILES string of the molecule is O=[N+]([O-])Cc1nc2ccccc2nc1Cl. The van der Waals surface area contributed by atoms with Gasteiger partial charge < -0.3 is 0 Å². The van der Waals surface area contributed by atoms with Gasteiger partial charge in [0, 0.05) is 4.92 Å². The van der Waals surface area contributed by atoms with Crippen LogP contribution in [0.1, 0.15) is 5.69 Å². The molecule has 0 atom stereocenters. The molecule has 1 heterocycles. The molecule has 2 aromatic rings. The van der Waals surface area contributed by atoms with Gasteiger partial charge in [-0.05, 0) is 12.1 Å². The van der Waals surface area contributed by atoms with Crippen LogP contribution in [-0.4, -0.2) is 14.9 Å². The van der Waals surface area contributed by atoms with Gasteiger partial charge in [0.2, 0.25) is 6.54 Å². The first-order valence-corrected chi connectivity index (χ1v) is 4.57. The molecule has 5 nitrogen and oxygen atoms in total. The maximum Gasteiger partial charge on any atom is 0.248 e. The molecule has 0 saturated carbocycles. The van der Waals surface area contributed by atoms with E-state index in [1.807, 2.05) is 0 Å². The van der Waals surface area contributed by atoms with Gasteiger partial charge in [0.05, 0.1) is 11.0 Å². The van der Waals surface area contributed by atoms with Crippen LogP contribution in [0.25, 0.3) is 11.0 Å². The van der Waals surface area contributed by atoms with E-state index in [0.717, 1.165) is 0 Å². The molecule has 0 fully saturated rings. The van der Waals surface area contributed by atoms with Gasteiger partial charge in [0.15, 0.2) is 5.15 Å². The van der Waals surface area contributed by atoms with E-state index in [0.29, 0.717) is 11.0 Å². The Morgan fingerprint density at radius 1 is 1.27 bits per heavy atom. The highest BCUT2D eigenvalue weighted by atomic mass is 35.5. The Morgan fingerprint density at radius 3 is 2.47 bits per heavy atom. The van der Waals surface area contributed by atoms with Crippen molar-refractivity contribution in [2.24, 2.45) is 0 Å². The summed E-state index contributed by atoms with van der Waals surface area (Å²) in [6.45, 7) is -0.406. The van der Waals surface area contributed by atoms with Crippen molar-refractivity contribution in [2.75, 3.05) is 0 Å². The number of halogens is 1. The van der Waals surface area contributed by atoms with Crippen LogP contribution in [0.15, 0.2) is 24.3 Å². The summed E-state index contributed by atoms with van der Waals surface area (Å²) in [5.74, 6) is 0. The fraction of sp³-hybridized carbons (Fsp3) is 0.111. The van der Waals surface area contributed by atoms with Crippen LogP contribution >= 0.6 is 11.6 Å². The minimum Gasteiger partial charge on any atom is -0.264 e. The van der Waals surface area contributed by atoms with Gasteiger partial charge in [0.1, 0.15) is 5.69 Å². The van der Waals surface area contributed by atoms with Gasteiger partial charge in [-0.15, -0.1) is 0 Å². The van der Waals surface area contributed by atoms with Gasteiger partial charge in [-0.2, -0.15) is 0 Å². The average Bonchev–Trinajstić information content (AvgIpc) is 2.18. The van der Waals surface area contributed by atoms with Gasteiger partial charge in [0.25, 0.3) is 0 Å². The Kier molecular flexibility index (Phi) is 2.47. The lowest BCUT2D eigenvalue weighted by Gasteiger charge is -2.00. The molecule has 2 rings (SSSR count). The highest BCUT2D eigenvalue weighted by molar-refractivity contribution is 6.30. The van der Waals surface area contributed by atoms with Crippen molar-refractivity contribution in [3.05, 3.63) is 45.2 Å². The summed E-state index contributed by atoms with van der Waals surface area (Å²) in [6.07, 6.45) is 0. The number of aromatic nitrogens is 2. The largest absolute Gasteiger partial charge is 0.264 e. The highest BCUT2D eigenvalue weighted by Crippen LogP contribution is 2.17. The number of benzene rings is 1. The van der Waals surface area contributed by atoms with Crippen molar-refractivity contribution in [2.45, 2.75) is 6.54 Å². The second-order valence-electron chi connectivity index (χ2n) is 2.94. The predicted octanol–water partition coefficient (Wildman–Crippen LogP) is 2.06. The standard InChI is InChI=1S/C9H6ClN3O2/c10-9-8(5-13(14)15)11-6-3-1-2-4-7(6)12-9/h1-4H,5H2. The van der Waals surface area contributed by atoms with Crippen molar-refractivity contribution >= 4 is 22.6 Å². The first-order chi connectivity index (χ1) is 7.16. The Morgan fingerprint density at radius 2 is 1.87 bits per heavy atom. The molecule has 0 spiro atoms. The lowest BCUT2D eigenvalue weighted by molar-refractivity contribution is -0.497. The minimum absolute atomic E-state index is 0.0883. The molecule has 0 unspecified atom stereocenters. The molecule has 1 aromatic carbocycles. The molecule has 0 radical (unpaired) electrons. The van der Waals surface area contributed by atoms with Crippen molar-refractivity contribution in [1.82, 2.24) is 9.97 Å². The summed E-state index contributed by atoms with van der Waals surface area (Å²) in [6, 6.07) is 7.09. The quantitative estimate of drug-likeness (QED) is 0.577. The zero-order chi connectivity index (χ0) is 10.8. The summed E-state index contributed by atoms with van der Waals surface area (Å²) in [7, 11) is 0. The molecule has 0 N–H and O–H groups in total. The summed E-state index contributed by atoms with van der Waals surface area (Å²) < 4.78 is 0. The average molecular weight is 224 g/mol. The van der Waals surface area contributed by atoms with Crippen LogP contribution in [0.2, 0.25) is 5.15 Å². The summed E-state index contributed by atoms with van der Waals surface area (Å²) in [4.78, 5) is 18.0. The Balaban J connectivity index is 2.56. The predicted molar refractivity (Wildman–Crippen MR) is 55.2 cm³/mol. The number of nitrogens with zero attached hydrogens (tertiary/aromatic N) is 3. The Hall–Kier alpha value is -1.75. The van der Waals surface area contributed by atoms with E-state index < -0.39 is 11.5 Å². The molecule has 6 heteroatoms. The first kappa shape index (κ1) is 9.79. The number of fused-ring (bicyclic) bond motifs is 1. The molecule has 1 aromatic heterocycles. The van der Waals surface area contributed by atoms with Crippen molar-refractivity contribution in [3.63, 3.8) is 0 Å². The van der Waals surface area contributed by atoms with Gasteiger partial charge in [-0.25, -0.2) is 9.97 Å². The minimum atomic E-state index is -0.481. The maximum atomic E-state index is 10.3. The monoisotopic (exact) mass is 223 g/mol. The zero-order valence-corrected chi connectivity index (χ0v) is 8.31. The fourth-order valence-corrected chi connectivity index (χ4v) is 1.43. The third-order valence-corrected chi connectivity index (χ3v) is 2.18. The second-order valence-corrected chi connectivity index (χ2v) is 3.30. The molecule has 0 aliphatic rings. The molecular formula is C9H6ClN3O2. The van der Waals surface area contributed by atoms with Crippen LogP contribution in [0.5, 0.6) is 0 Å². The van der Waals surface area contributed by atoms with Crippen molar-refractivity contribution in [1.29, 1.82) is 0 Å². The molecule has 0 amide bonds. The van der Waals surface area contributed by atoms with Crippen LogP contribution in [0.4, 0.5) is 0 Å². The summed E-state index contributed by atoms with van der Waals surface area (Å²) >= 11 is 5.77. The van der Waals surface area contributed by atoms with E-state index in [9.17, 15) is 10.1 Å². The maximum absolute atomic E-state index is 10.3. The summed E-state index contributed by atoms with van der Waals surface area (Å²) in [5.41, 5.74) is 1.44. The fourth-order valence-electron chi connectivity index (χ4n) is 1.24. The number of para-hydroxylation sites is 2. The number of hydrogen-bond donors (Lipinski definition) is 0. The molecule has 76 valence electrons. The molecule has 0 saturated heterocycles. The van der Waals surface area contributed by atoms with Crippen molar-refractivity contribution < 1.29 is 4.92 Å². The highest BCUT2D eigenvalue weighted by Gasteiger charge is 2.11.